The van der Waals surface area contributed by atoms with Gasteiger partial charge in [-0.25, -0.2) is 0 Å². The Bertz CT molecular complexity index is 182. The molecule has 0 aliphatic heterocycles. The maximum Gasteiger partial charge on any atom is 0.0689 e. The van der Waals surface area contributed by atoms with Crippen LogP contribution in [0.2, 0.25) is 0 Å². The molecule has 0 aromatic carbocycles. The van der Waals surface area contributed by atoms with Crippen molar-refractivity contribution in [3.8, 4) is 6.07 Å². The maximum absolute atomic E-state index is 9.19. The van der Waals surface area contributed by atoms with Crippen molar-refractivity contribution in [1.82, 2.24) is 0 Å². The summed E-state index contributed by atoms with van der Waals surface area (Å²) in [4.78, 5) is 0. The molecule has 0 fully saturated rings. The summed E-state index contributed by atoms with van der Waals surface area (Å²) in [5.74, 6) is 0. The van der Waals surface area contributed by atoms with E-state index in [0.29, 0.717) is 5.41 Å². The highest BCUT2D eigenvalue weighted by Gasteiger charge is 2.32. The fourth-order valence-corrected chi connectivity index (χ4v) is 1.74. The summed E-state index contributed by atoms with van der Waals surface area (Å²) in [6.45, 7) is 11.0. The van der Waals surface area contributed by atoms with Crippen molar-refractivity contribution in [3.05, 3.63) is 0 Å². The molecular weight excluding hydrogens is 158 g/mol. The number of hydrogen-bond donors (Lipinski definition) is 0. The number of nitriles is 1. The van der Waals surface area contributed by atoms with Crippen LogP contribution in [0.1, 0.15) is 60.3 Å². The van der Waals surface area contributed by atoms with Gasteiger partial charge in [0.25, 0.3) is 0 Å². The molecule has 0 bridgehead atoms. The Morgan fingerprint density at radius 2 is 1.46 bits per heavy atom. The lowest BCUT2D eigenvalue weighted by atomic mass is 9.70. The van der Waals surface area contributed by atoms with Crippen molar-refractivity contribution in [1.29, 1.82) is 5.26 Å². The largest absolute Gasteiger partial charge is 0.198 e. The van der Waals surface area contributed by atoms with Crippen LogP contribution in [0.3, 0.4) is 0 Å². The fraction of sp³-hybridized carbons (Fsp3) is 0.917. The molecule has 0 unspecified atom stereocenters. The van der Waals surface area contributed by atoms with Gasteiger partial charge in [-0.3, -0.25) is 0 Å². The molecule has 0 amide bonds. The highest BCUT2D eigenvalue weighted by molar-refractivity contribution is 4.99. The van der Waals surface area contributed by atoms with E-state index in [-0.39, 0.29) is 5.41 Å². The third-order valence-corrected chi connectivity index (χ3v) is 3.36. The molecular formula is C12H23N. The van der Waals surface area contributed by atoms with Crippen molar-refractivity contribution in [2.45, 2.75) is 60.3 Å². The van der Waals surface area contributed by atoms with Crippen molar-refractivity contribution >= 4 is 0 Å². The number of rotatable bonds is 5. The predicted octanol–water partition coefficient (Wildman–Crippen LogP) is 4.14. The average molecular weight is 181 g/mol. The number of hydrogen-bond acceptors (Lipinski definition) is 1. The highest BCUT2D eigenvalue weighted by atomic mass is 14.4. The van der Waals surface area contributed by atoms with E-state index in [0.717, 1.165) is 25.7 Å². The second-order valence-electron chi connectivity index (χ2n) is 4.79. The molecule has 0 heterocycles. The molecule has 13 heavy (non-hydrogen) atoms. The molecule has 0 rings (SSSR count). The highest BCUT2D eigenvalue weighted by Crippen LogP contribution is 2.40. The first-order valence-electron chi connectivity index (χ1n) is 5.36. The Balaban J connectivity index is 4.53. The summed E-state index contributed by atoms with van der Waals surface area (Å²) in [5.41, 5.74) is 0.223. The zero-order valence-corrected chi connectivity index (χ0v) is 9.78. The Hall–Kier alpha value is -0.510. The van der Waals surface area contributed by atoms with Crippen molar-refractivity contribution in [2.24, 2.45) is 10.8 Å². The van der Waals surface area contributed by atoms with Crippen LogP contribution in [0.25, 0.3) is 0 Å². The minimum Gasteiger partial charge on any atom is -0.198 e. The van der Waals surface area contributed by atoms with Gasteiger partial charge in [0, 0.05) is 0 Å². The summed E-state index contributed by atoms with van der Waals surface area (Å²) in [6, 6.07) is 2.51. The van der Waals surface area contributed by atoms with Crippen molar-refractivity contribution in [3.63, 3.8) is 0 Å². The molecule has 0 saturated carbocycles. The molecule has 76 valence electrons. The quantitative estimate of drug-likeness (QED) is 0.625. The Labute approximate surface area is 83.1 Å². The zero-order valence-electron chi connectivity index (χ0n) is 9.78. The van der Waals surface area contributed by atoms with Crippen LogP contribution in [0.5, 0.6) is 0 Å². The van der Waals surface area contributed by atoms with E-state index < -0.39 is 0 Å². The molecule has 0 aliphatic rings. The minimum atomic E-state index is -0.0838. The molecule has 0 N–H and O–H groups in total. The Morgan fingerprint density at radius 3 is 1.69 bits per heavy atom. The van der Waals surface area contributed by atoms with Crippen molar-refractivity contribution < 1.29 is 0 Å². The monoisotopic (exact) mass is 181 g/mol. The van der Waals surface area contributed by atoms with Crippen LogP contribution in [-0.2, 0) is 0 Å². The van der Waals surface area contributed by atoms with Crippen molar-refractivity contribution in [2.75, 3.05) is 0 Å². The average Bonchev–Trinajstić information content (AvgIpc) is 2.14. The van der Waals surface area contributed by atoms with Crippen LogP contribution in [0.4, 0.5) is 0 Å². The minimum absolute atomic E-state index is 0.0838. The lowest BCUT2D eigenvalue weighted by Gasteiger charge is -2.33. The summed E-state index contributed by atoms with van der Waals surface area (Å²) in [5, 5.41) is 9.19. The van der Waals surface area contributed by atoms with E-state index in [1.807, 2.05) is 0 Å². The lowest BCUT2D eigenvalue weighted by molar-refractivity contribution is 0.193. The van der Waals surface area contributed by atoms with Gasteiger partial charge in [-0.2, -0.15) is 5.26 Å². The van der Waals surface area contributed by atoms with Gasteiger partial charge in [-0.15, -0.1) is 0 Å². The molecule has 1 heteroatoms. The van der Waals surface area contributed by atoms with E-state index in [1.165, 1.54) is 0 Å². The molecule has 0 spiro atoms. The summed E-state index contributed by atoms with van der Waals surface area (Å²) in [6.07, 6.45) is 4.13. The van der Waals surface area contributed by atoms with E-state index >= 15 is 0 Å². The normalized spacial score (nSPS) is 12.6. The first-order valence-corrected chi connectivity index (χ1v) is 5.36. The van der Waals surface area contributed by atoms with E-state index in [4.69, 9.17) is 0 Å². The SMILES string of the molecule is CCC(C)(C)CC(C#N)(CC)CC. The molecule has 0 saturated heterocycles. The Kier molecular flexibility index (Phi) is 4.47. The number of nitrogens with zero attached hydrogens (tertiary/aromatic N) is 1. The van der Waals surface area contributed by atoms with E-state index in [1.54, 1.807) is 0 Å². The van der Waals surface area contributed by atoms with Gasteiger partial charge >= 0.3 is 0 Å². The van der Waals surface area contributed by atoms with Crippen LogP contribution < -0.4 is 0 Å². The zero-order chi connectivity index (χ0) is 10.5. The predicted molar refractivity (Wildman–Crippen MR) is 57.3 cm³/mol. The second-order valence-corrected chi connectivity index (χ2v) is 4.79. The first-order chi connectivity index (χ1) is 5.95. The van der Waals surface area contributed by atoms with Gasteiger partial charge in [0.2, 0.25) is 0 Å². The molecule has 0 atom stereocenters. The third-order valence-electron chi connectivity index (χ3n) is 3.36. The molecule has 0 radical (unpaired) electrons. The van der Waals surface area contributed by atoms with Gasteiger partial charge in [0.1, 0.15) is 0 Å². The van der Waals surface area contributed by atoms with Crippen LogP contribution in [0, 0.1) is 22.2 Å². The summed E-state index contributed by atoms with van der Waals surface area (Å²) >= 11 is 0. The molecule has 0 aromatic rings. The summed E-state index contributed by atoms with van der Waals surface area (Å²) in [7, 11) is 0. The smallest absolute Gasteiger partial charge is 0.0689 e. The fourth-order valence-electron chi connectivity index (χ4n) is 1.74. The van der Waals surface area contributed by atoms with E-state index in [2.05, 4.69) is 40.7 Å². The summed E-state index contributed by atoms with van der Waals surface area (Å²) < 4.78 is 0. The topological polar surface area (TPSA) is 23.8 Å². The van der Waals surface area contributed by atoms with Crippen LogP contribution >= 0.6 is 0 Å². The molecule has 1 nitrogen and oxygen atoms in total. The van der Waals surface area contributed by atoms with Gasteiger partial charge in [0.05, 0.1) is 11.5 Å². The molecule has 0 aliphatic carbocycles. The van der Waals surface area contributed by atoms with Gasteiger partial charge in [-0.05, 0) is 24.7 Å². The van der Waals surface area contributed by atoms with Gasteiger partial charge < -0.3 is 0 Å². The lowest BCUT2D eigenvalue weighted by Crippen LogP contribution is -2.25. The van der Waals surface area contributed by atoms with Gasteiger partial charge in [-0.1, -0.05) is 41.0 Å². The maximum atomic E-state index is 9.19. The van der Waals surface area contributed by atoms with Crippen LogP contribution in [-0.4, -0.2) is 0 Å². The third kappa shape index (κ3) is 3.38. The first kappa shape index (κ1) is 12.5. The van der Waals surface area contributed by atoms with Crippen LogP contribution in [0.15, 0.2) is 0 Å². The van der Waals surface area contributed by atoms with Gasteiger partial charge in [0.15, 0.2) is 0 Å². The standard InChI is InChI=1S/C12H23N/c1-6-11(4,5)9-12(7-2,8-3)10-13/h6-9H2,1-5H3. The second kappa shape index (κ2) is 4.65. The van der Waals surface area contributed by atoms with E-state index in [9.17, 15) is 5.26 Å². The Morgan fingerprint density at radius 1 is 1.00 bits per heavy atom. The molecule has 0 aromatic heterocycles.